The van der Waals surface area contributed by atoms with E-state index in [1.54, 1.807) is 19.1 Å². The van der Waals surface area contributed by atoms with Gasteiger partial charge in [0.1, 0.15) is 0 Å². The second-order valence-electron chi connectivity index (χ2n) is 3.07. The molecule has 0 atom stereocenters. The van der Waals surface area contributed by atoms with Gasteiger partial charge in [-0.25, -0.2) is 8.78 Å². The SMILES string of the molecule is CC#CCNCc1ccc(C(F)F)cc1. The second-order valence-corrected chi connectivity index (χ2v) is 3.07. The molecule has 0 heterocycles. The zero-order valence-corrected chi connectivity index (χ0v) is 8.56. The number of alkyl halides is 2. The van der Waals surface area contributed by atoms with Crippen LogP contribution in [0, 0.1) is 11.8 Å². The van der Waals surface area contributed by atoms with Crippen LogP contribution >= 0.6 is 0 Å². The Morgan fingerprint density at radius 1 is 1.27 bits per heavy atom. The van der Waals surface area contributed by atoms with Gasteiger partial charge in [-0.15, -0.1) is 5.92 Å². The topological polar surface area (TPSA) is 12.0 Å². The highest BCUT2D eigenvalue weighted by molar-refractivity contribution is 5.23. The Kier molecular flexibility index (Phi) is 4.79. The predicted octanol–water partition coefficient (Wildman–Crippen LogP) is 2.74. The molecule has 0 aliphatic heterocycles. The minimum atomic E-state index is -2.39. The maximum absolute atomic E-state index is 12.2. The Morgan fingerprint density at radius 3 is 2.47 bits per heavy atom. The molecule has 1 aromatic carbocycles. The van der Waals surface area contributed by atoms with E-state index >= 15 is 0 Å². The molecule has 15 heavy (non-hydrogen) atoms. The third kappa shape index (κ3) is 4.09. The van der Waals surface area contributed by atoms with E-state index in [0.29, 0.717) is 13.1 Å². The van der Waals surface area contributed by atoms with Gasteiger partial charge in [-0.1, -0.05) is 30.2 Å². The molecule has 1 N–H and O–H groups in total. The third-order valence-electron chi connectivity index (χ3n) is 1.95. The molecule has 0 aliphatic rings. The number of rotatable bonds is 4. The van der Waals surface area contributed by atoms with Crippen molar-refractivity contribution in [2.45, 2.75) is 19.9 Å². The first-order valence-electron chi connectivity index (χ1n) is 4.71. The Hall–Kier alpha value is -1.40. The van der Waals surface area contributed by atoms with E-state index in [4.69, 9.17) is 0 Å². The van der Waals surface area contributed by atoms with Crippen LogP contribution in [-0.2, 0) is 6.54 Å². The first kappa shape index (κ1) is 11.7. The average Bonchev–Trinajstić information content (AvgIpc) is 2.25. The lowest BCUT2D eigenvalue weighted by atomic mass is 10.1. The van der Waals surface area contributed by atoms with Gasteiger partial charge in [-0.3, -0.25) is 0 Å². The van der Waals surface area contributed by atoms with Gasteiger partial charge in [-0.2, -0.15) is 0 Å². The molecule has 1 nitrogen and oxygen atoms in total. The Labute approximate surface area is 88.5 Å². The first-order chi connectivity index (χ1) is 7.24. The summed E-state index contributed by atoms with van der Waals surface area (Å²) < 4.78 is 24.4. The lowest BCUT2D eigenvalue weighted by Crippen LogP contribution is -2.12. The lowest BCUT2D eigenvalue weighted by molar-refractivity contribution is 0.151. The van der Waals surface area contributed by atoms with Crippen molar-refractivity contribution < 1.29 is 8.78 Å². The van der Waals surface area contributed by atoms with Crippen molar-refractivity contribution in [3.05, 3.63) is 35.4 Å². The Bertz CT molecular complexity index is 346. The summed E-state index contributed by atoms with van der Waals surface area (Å²) >= 11 is 0. The molecule has 0 radical (unpaired) electrons. The van der Waals surface area contributed by atoms with Crippen molar-refractivity contribution in [2.24, 2.45) is 0 Å². The molecule has 0 saturated heterocycles. The van der Waals surface area contributed by atoms with E-state index in [1.165, 1.54) is 12.1 Å². The molecular formula is C12H13F2N. The minimum Gasteiger partial charge on any atom is -0.302 e. The Balaban J connectivity index is 2.45. The normalized spacial score (nSPS) is 9.87. The molecule has 0 amide bonds. The summed E-state index contributed by atoms with van der Waals surface area (Å²) in [5.41, 5.74) is 1.05. The van der Waals surface area contributed by atoms with E-state index in [9.17, 15) is 8.78 Å². The molecular weight excluding hydrogens is 196 g/mol. The van der Waals surface area contributed by atoms with Crippen LogP contribution in [0.2, 0.25) is 0 Å². The van der Waals surface area contributed by atoms with E-state index < -0.39 is 6.43 Å². The zero-order valence-electron chi connectivity index (χ0n) is 8.56. The summed E-state index contributed by atoms with van der Waals surface area (Å²) in [5, 5.41) is 3.09. The predicted molar refractivity (Wildman–Crippen MR) is 56.6 cm³/mol. The number of benzene rings is 1. The lowest BCUT2D eigenvalue weighted by Gasteiger charge is -2.03. The zero-order chi connectivity index (χ0) is 11.1. The second kappa shape index (κ2) is 6.15. The molecule has 0 saturated carbocycles. The minimum absolute atomic E-state index is 0.0621. The maximum atomic E-state index is 12.2. The molecule has 0 spiro atoms. The van der Waals surface area contributed by atoms with Crippen LogP contribution in [0.4, 0.5) is 8.78 Å². The molecule has 0 bridgehead atoms. The molecule has 3 heteroatoms. The van der Waals surface area contributed by atoms with E-state index in [2.05, 4.69) is 17.2 Å². The van der Waals surface area contributed by atoms with E-state index in [-0.39, 0.29) is 5.56 Å². The highest BCUT2D eigenvalue weighted by atomic mass is 19.3. The summed E-state index contributed by atoms with van der Waals surface area (Å²) in [5.74, 6) is 5.63. The first-order valence-corrected chi connectivity index (χ1v) is 4.71. The molecule has 1 aromatic rings. The molecule has 0 aliphatic carbocycles. The van der Waals surface area contributed by atoms with Crippen LogP contribution < -0.4 is 5.32 Å². The van der Waals surface area contributed by atoms with Gasteiger partial charge in [0, 0.05) is 12.1 Å². The maximum Gasteiger partial charge on any atom is 0.263 e. The summed E-state index contributed by atoms with van der Waals surface area (Å²) in [6.45, 7) is 3.05. The van der Waals surface area contributed by atoms with Crippen molar-refractivity contribution in [1.29, 1.82) is 0 Å². The fourth-order valence-corrected chi connectivity index (χ4v) is 1.14. The largest absolute Gasteiger partial charge is 0.302 e. The molecule has 0 unspecified atom stereocenters. The molecule has 1 rings (SSSR count). The van der Waals surface area contributed by atoms with Crippen LogP contribution in [0.3, 0.4) is 0 Å². The fourth-order valence-electron chi connectivity index (χ4n) is 1.14. The third-order valence-corrected chi connectivity index (χ3v) is 1.95. The van der Waals surface area contributed by atoms with Crippen LogP contribution in [0.25, 0.3) is 0 Å². The summed E-state index contributed by atoms with van der Waals surface area (Å²) in [4.78, 5) is 0. The summed E-state index contributed by atoms with van der Waals surface area (Å²) in [7, 11) is 0. The van der Waals surface area contributed by atoms with Gasteiger partial charge in [0.15, 0.2) is 0 Å². The van der Waals surface area contributed by atoms with Crippen molar-refractivity contribution >= 4 is 0 Å². The van der Waals surface area contributed by atoms with Crippen molar-refractivity contribution in [2.75, 3.05) is 6.54 Å². The number of nitrogens with one attached hydrogen (secondary N) is 1. The van der Waals surface area contributed by atoms with Gasteiger partial charge in [0.2, 0.25) is 0 Å². The van der Waals surface area contributed by atoms with Gasteiger partial charge < -0.3 is 5.32 Å². The van der Waals surface area contributed by atoms with Crippen LogP contribution in [0.5, 0.6) is 0 Å². The average molecular weight is 209 g/mol. The Morgan fingerprint density at radius 2 is 1.93 bits per heavy atom. The van der Waals surface area contributed by atoms with Gasteiger partial charge in [0.25, 0.3) is 6.43 Å². The summed E-state index contributed by atoms with van der Waals surface area (Å²) in [6, 6.07) is 6.31. The van der Waals surface area contributed by atoms with Crippen molar-refractivity contribution in [3.63, 3.8) is 0 Å². The smallest absolute Gasteiger partial charge is 0.263 e. The van der Waals surface area contributed by atoms with Gasteiger partial charge in [-0.05, 0) is 12.5 Å². The highest BCUT2D eigenvalue weighted by Crippen LogP contribution is 2.18. The quantitative estimate of drug-likeness (QED) is 0.594. The number of hydrogen-bond acceptors (Lipinski definition) is 1. The fraction of sp³-hybridized carbons (Fsp3) is 0.333. The number of halogens is 2. The van der Waals surface area contributed by atoms with Crippen molar-refractivity contribution in [3.8, 4) is 11.8 Å². The van der Waals surface area contributed by atoms with Crippen LogP contribution in [0.1, 0.15) is 24.5 Å². The highest BCUT2D eigenvalue weighted by Gasteiger charge is 2.05. The van der Waals surface area contributed by atoms with Crippen molar-refractivity contribution in [1.82, 2.24) is 5.32 Å². The van der Waals surface area contributed by atoms with E-state index in [0.717, 1.165) is 5.56 Å². The standard InChI is InChI=1S/C12H13F2N/c1-2-3-8-15-9-10-4-6-11(7-5-10)12(13)14/h4-7,12,15H,8-9H2,1H3. The van der Waals surface area contributed by atoms with Crippen LogP contribution in [-0.4, -0.2) is 6.54 Å². The van der Waals surface area contributed by atoms with Crippen LogP contribution in [0.15, 0.2) is 24.3 Å². The van der Waals surface area contributed by atoms with Gasteiger partial charge in [0.05, 0.1) is 6.54 Å². The molecule has 0 aromatic heterocycles. The molecule has 0 fully saturated rings. The molecule has 80 valence electrons. The van der Waals surface area contributed by atoms with Gasteiger partial charge >= 0.3 is 0 Å². The number of hydrogen-bond donors (Lipinski definition) is 1. The monoisotopic (exact) mass is 209 g/mol. The van der Waals surface area contributed by atoms with E-state index in [1.807, 2.05) is 0 Å². The summed E-state index contributed by atoms with van der Waals surface area (Å²) in [6.07, 6.45) is -2.39.